The van der Waals surface area contributed by atoms with Crippen LogP contribution in [0.2, 0.25) is 0 Å². The minimum Gasteiger partial charge on any atom is -0.461 e. The first-order chi connectivity index (χ1) is 19.4. The Kier molecular flexibility index (Phi) is 12.3. The lowest BCUT2D eigenvalue weighted by Crippen LogP contribution is -2.54. The maximum absolute atomic E-state index is 13.2. The van der Waals surface area contributed by atoms with E-state index >= 15 is 0 Å². The van der Waals surface area contributed by atoms with E-state index in [0.717, 1.165) is 16.7 Å². The molecule has 0 aliphatic heterocycles. The summed E-state index contributed by atoms with van der Waals surface area (Å²) in [5.41, 5.74) is 7.80. The second-order valence-corrected chi connectivity index (χ2v) is 8.83. The number of nitrogens with two attached hydrogens (primary N) is 1. The standard InChI is InChI=1S/C30H33N3O7/c31-17-27(34)32-25(16-28(35)39-19-23-12-6-2-7-13-23)29(36)33-26(21-38-18-22-10-4-1-5-11-22)30(37)40-20-24-14-8-3-9-15-24/h1-15,25-26H,16-21,31H2,(H,32,34)(H,33,36)/t25-,26+/m1/s1. The topological polar surface area (TPSA) is 146 Å². The fraction of sp³-hybridized carbons (Fsp3) is 0.267. The molecular weight excluding hydrogens is 514 g/mol. The molecule has 3 aromatic rings. The molecule has 210 valence electrons. The monoisotopic (exact) mass is 547 g/mol. The highest BCUT2D eigenvalue weighted by atomic mass is 16.5. The largest absolute Gasteiger partial charge is 0.461 e. The van der Waals surface area contributed by atoms with E-state index in [0.29, 0.717) is 0 Å². The molecule has 0 saturated carbocycles. The third-order valence-corrected chi connectivity index (χ3v) is 5.67. The molecule has 0 spiro atoms. The molecular formula is C30H33N3O7. The number of esters is 2. The van der Waals surface area contributed by atoms with E-state index in [1.165, 1.54) is 0 Å². The van der Waals surface area contributed by atoms with Gasteiger partial charge in [0.25, 0.3) is 0 Å². The van der Waals surface area contributed by atoms with Crippen molar-refractivity contribution in [3.63, 3.8) is 0 Å². The Labute approximate surface area is 232 Å². The van der Waals surface area contributed by atoms with Crippen molar-refractivity contribution in [3.8, 4) is 0 Å². The van der Waals surface area contributed by atoms with Gasteiger partial charge in [-0.25, -0.2) is 4.79 Å². The van der Waals surface area contributed by atoms with Gasteiger partial charge >= 0.3 is 11.9 Å². The molecule has 3 rings (SSSR count). The minimum absolute atomic E-state index is 0.000606. The Balaban J connectivity index is 1.65. The number of rotatable bonds is 15. The van der Waals surface area contributed by atoms with Gasteiger partial charge in [-0.2, -0.15) is 0 Å². The number of carbonyl (C=O) groups excluding carboxylic acids is 4. The molecule has 0 aliphatic rings. The molecule has 0 bridgehead atoms. The maximum atomic E-state index is 13.2. The number of ether oxygens (including phenoxy) is 3. The van der Waals surface area contributed by atoms with Crippen molar-refractivity contribution >= 4 is 23.8 Å². The Morgan fingerprint density at radius 1 is 0.650 bits per heavy atom. The quantitative estimate of drug-likeness (QED) is 0.245. The summed E-state index contributed by atoms with van der Waals surface area (Å²) in [4.78, 5) is 50.7. The molecule has 0 heterocycles. The lowest BCUT2D eigenvalue weighted by atomic mass is 10.1. The molecule has 40 heavy (non-hydrogen) atoms. The fourth-order valence-electron chi connectivity index (χ4n) is 3.57. The van der Waals surface area contributed by atoms with Crippen LogP contribution in [0, 0.1) is 0 Å². The average Bonchev–Trinajstić information content (AvgIpc) is 2.99. The molecule has 0 fully saturated rings. The van der Waals surface area contributed by atoms with Crippen molar-refractivity contribution in [2.24, 2.45) is 5.73 Å². The third-order valence-electron chi connectivity index (χ3n) is 5.67. The maximum Gasteiger partial charge on any atom is 0.331 e. The van der Waals surface area contributed by atoms with Crippen LogP contribution in [0.1, 0.15) is 23.1 Å². The average molecular weight is 548 g/mol. The van der Waals surface area contributed by atoms with Crippen molar-refractivity contribution in [1.29, 1.82) is 0 Å². The van der Waals surface area contributed by atoms with Gasteiger partial charge in [0.2, 0.25) is 11.8 Å². The predicted octanol–water partition coefficient (Wildman–Crippen LogP) is 2.01. The fourth-order valence-corrected chi connectivity index (χ4v) is 3.57. The normalized spacial score (nSPS) is 12.0. The van der Waals surface area contributed by atoms with Gasteiger partial charge in [0.1, 0.15) is 19.3 Å². The Bertz CT molecular complexity index is 1220. The summed E-state index contributed by atoms with van der Waals surface area (Å²) in [7, 11) is 0. The molecule has 3 aromatic carbocycles. The smallest absolute Gasteiger partial charge is 0.331 e. The first-order valence-corrected chi connectivity index (χ1v) is 12.8. The van der Waals surface area contributed by atoms with Crippen LogP contribution in [-0.2, 0) is 53.2 Å². The minimum atomic E-state index is -1.34. The van der Waals surface area contributed by atoms with Crippen LogP contribution in [0.4, 0.5) is 0 Å². The lowest BCUT2D eigenvalue weighted by Gasteiger charge is -2.22. The second-order valence-electron chi connectivity index (χ2n) is 8.83. The zero-order chi connectivity index (χ0) is 28.6. The van der Waals surface area contributed by atoms with Crippen molar-refractivity contribution in [3.05, 3.63) is 108 Å². The molecule has 0 aromatic heterocycles. The van der Waals surface area contributed by atoms with Crippen molar-refractivity contribution in [2.45, 2.75) is 38.3 Å². The first kappa shape index (κ1) is 30.0. The van der Waals surface area contributed by atoms with Crippen molar-refractivity contribution in [1.82, 2.24) is 10.6 Å². The van der Waals surface area contributed by atoms with Gasteiger partial charge in [-0.1, -0.05) is 91.0 Å². The van der Waals surface area contributed by atoms with Crippen LogP contribution in [-0.4, -0.2) is 49.0 Å². The number of amides is 2. The predicted molar refractivity (Wildman–Crippen MR) is 146 cm³/mol. The van der Waals surface area contributed by atoms with Crippen LogP contribution < -0.4 is 16.4 Å². The van der Waals surface area contributed by atoms with E-state index in [-0.39, 0.29) is 26.4 Å². The van der Waals surface area contributed by atoms with Gasteiger partial charge in [-0.3, -0.25) is 14.4 Å². The summed E-state index contributed by atoms with van der Waals surface area (Å²) in [5.74, 6) is -2.89. The molecule has 0 unspecified atom stereocenters. The summed E-state index contributed by atoms with van der Waals surface area (Å²) < 4.78 is 16.4. The van der Waals surface area contributed by atoms with E-state index in [2.05, 4.69) is 10.6 Å². The van der Waals surface area contributed by atoms with Crippen LogP contribution in [0.25, 0.3) is 0 Å². The molecule has 0 aliphatic carbocycles. The molecule has 2 atom stereocenters. The van der Waals surface area contributed by atoms with E-state index < -0.39 is 48.8 Å². The summed E-state index contributed by atoms with van der Waals surface area (Å²) >= 11 is 0. The summed E-state index contributed by atoms with van der Waals surface area (Å²) in [6.45, 7) is -0.418. The Morgan fingerprint density at radius 3 is 1.68 bits per heavy atom. The summed E-state index contributed by atoms with van der Waals surface area (Å²) in [6.07, 6.45) is -0.471. The first-order valence-electron chi connectivity index (χ1n) is 12.8. The van der Waals surface area contributed by atoms with Gasteiger partial charge in [0.05, 0.1) is 26.2 Å². The molecule has 4 N–H and O–H groups in total. The SMILES string of the molecule is NCC(=O)N[C@H](CC(=O)OCc1ccccc1)C(=O)N[C@@H](COCc1ccccc1)C(=O)OCc1ccccc1. The molecule has 0 saturated heterocycles. The van der Waals surface area contributed by atoms with E-state index in [4.69, 9.17) is 19.9 Å². The zero-order valence-electron chi connectivity index (χ0n) is 22.0. The molecule has 10 heteroatoms. The molecule has 10 nitrogen and oxygen atoms in total. The van der Waals surface area contributed by atoms with Crippen LogP contribution in [0.5, 0.6) is 0 Å². The summed E-state index contributed by atoms with van der Waals surface area (Å²) in [5, 5.41) is 4.96. The second kappa shape index (κ2) is 16.4. The number of hydrogen-bond acceptors (Lipinski definition) is 8. The lowest BCUT2D eigenvalue weighted by molar-refractivity contribution is -0.151. The third kappa shape index (κ3) is 10.7. The number of nitrogens with one attached hydrogen (secondary N) is 2. The van der Waals surface area contributed by atoms with Crippen LogP contribution in [0.3, 0.4) is 0 Å². The van der Waals surface area contributed by atoms with Crippen LogP contribution in [0.15, 0.2) is 91.0 Å². The highest BCUT2D eigenvalue weighted by molar-refractivity contribution is 5.93. The van der Waals surface area contributed by atoms with Crippen molar-refractivity contribution in [2.75, 3.05) is 13.2 Å². The Morgan fingerprint density at radius 2 is 1.15 bits per heavy atom. The number of benzene rings is 3. The van der Waals surface area contributed by atoms with Gasteiger partial charge in [-0.15, -0.1) is 0 Å². The van der Waals surface area contributed by atoms with E-state index in [1.54, 1.807) is 36.4 Å². The number of hydrogen-bond donors (Lipinski definition) is 3. The highest BCUT2D eigenvalue weighted by Gasteiger charge is 2.30. The van der Waals surface area contributed by atoms with Gasteiger partial charge in [0, 0.05) is 0 Å². The van der Waals surface area contributed by atoms with Crippen molar-refractivity contribution < 1.29 is 33.4 Å². The molecule has 0 radical (unpaired) electrons. The summed E-state index contributed by atoms with van der Waals surface area (Å²) in [6, 6.07) is 24.8. The van der Waals surface area contributed by atoms with Crippen LogP contribution >= 0.6 is 0 Å². The Hall–Kier alpha value is -4.54. The number of carbonyl (C=O) groups is 4. The zero-order valence-corrected chi connectivity index (χ0v) is 22.0. The van der Waals surface area contributed by atoms with Gasteiger partial charge < -0.3 is 30.6 Å². The van der Waals surface area contributed by atoms with E-state index in [1.807, 2.05) is 54.6 Å². The highest BCUT2D eigenvalue weighted by Crippen LogP contribution is 2.07. The van der Waals surface area contributed by atoms with E-state index in [9.17, 15) is 19.2 Å². The van der Waals surface area contributed by atoms with Gasteiger partial charge in [-0.05, 0) is 16.7 Å². The molecule has 2 amide bonds. The van der Waals surface area contributed by atoms with Gasteiger partial charge in [0.15, 0.2) is 6.04 Å².